The second-order valence-corrected chi connectivity index (χ2v) is 11.0. The number of halogens is 4. The summed E-state index contributed by atoms with van der Waals surface area (Å²) < 4.78 is 66.2. The first-order chi connectivity index (χ1) is 19.5. The van der Waals surface area contributed by atoms with Gasteiger partial charge in [0, 0.05) is 25.7 Å². The van der Waals surface area contributed by atoms with E-state index in [-0.39, 0.29) is 62.4 Å². The number of fused-ring (bicyclic) bond motifs is 1. The Balaban J connectivity index is 1.42. The van der Waals surface area contributed by atoms with Crippen LogP contribution in [0.4, 0.5) is 22.4 Å². The zero-order valence-corrected chi connectivity index (χ0v) is 22.6. The summed E-state index contributed by atoms with van der Waals surface area (Å²) >= 11 is 0. The number of alkyl halides is 4. The number of H-pyrrole nitrogens is 1. The Kier molecular flexibility index (Phi) is 7.93. The molecule has 12 heteroatoms. The van der Waals surface area contributed by atoms with Gasteiger partial charge in [-0.1, -0.05) is 30.3 Å². The summed E-state index contributed by atoms with van der Waals surface area (Å²) in [6, 6.07) is 11.6. The van der Waals surface area contributed by atoms with Crippen LogP contribution in [0.2, 0.25) is 0 Å². The van der Waals surface area contributed by atoms with Gasteiger partial charge in [0.15, 0.2) is 5.65 Å². The maximum atomic E-state index is 14.0. The van der Waals surface area contributed by atoms with E-state index in [0.29, 0.717) is 11.3 Å². The molecule has 41 heavy (non-hydrogen) atoms. The SMILES string of the molecule is COC(=O)C1(c2ccc3[nH]c([C@@H](NC(=O)OCc4ccccc4)C4CCC(F)(F)CC4)nc3n2)CCC(F)(F)CC1. The van der Waals surface area contributed by atoms with Crippen LogP contribution in [0, 0.1) is 5.92 Å². The summed E-state index contributed by atoms with van der Waals surface area (Å²) in [6.45, 7) is 0.0296. The number of rotatable bonds is 7. The van der Waals surface area contributed by atoms with Crippen molar-refractivity contribution in [1.82, 2.24) is 20.3 Å². The number of benzene rings is 1. The van der Waals surface area contributed by atoms with Crippen molar-refractivity contribution in [2.75, 3.05) is 7.11 Å². The molecule has 0 spiro atoms. The molecule has 1 atom stereocenters. The Morgan fingerprint density at radius 1 is 0.951 bits per heavy atom. The van der Waals surface area contributed by atoms with Crippen LogP contribution >= 0.6 is 0 Å². The third kappa shape index (κ3) is 6.31. The van der Waals surface area contributed by atoms with E-state index >= 15 is 0 Å². The second-order valence-electron chi connectivity index (χ2n) is 11.0. The topological polar surface area (TPSA) is 106 Å². The molecule has 0 radical (unpaired) electrons. The fourth-order valence-electron chi connectivity index (χ4n) is 5.82. The molecule has 0 aliphatic heterocycles. The highest BCUT2D eigenvalue weighted by Crippen LogP contribution is 2.46. The zero-order chi connectivity index (χ0) is 29.3. The van der Waals surface area contributed by atoms with Gasteiger partial charge in [-0.3, -0.25) is 4.79 Å². The number of carbonyl (C=O) groups excluding carboxylic acids is 2. The fraction of sp³-hybridized carbons (Fsp3) is 0.517. The quantitative estimate of drug-likeness (QED) is 0.250. The van der Waals surface area contributed by atoms with Gasteiger partial charge in [-0.25, -0.2) is 32.3 Å². The molecule has 2 aliphatic carbocycles. The van der Waals surface area contributed by atoms with Crippen LogP contribution in [0.15, 0.2) is 42.5 Å². The summed E-state index contributed by atoms with van der Waals surface area (Å²) in [5, 5.41) is 2.80. The molecule has 8 nitrogen and oxygen atoms in total. The van der Waals surface area contributed by atoms with Gasteiger partial charge in [0.05, 0.1) is 24.4 Å². The lowest BCUT2D eigenvalue weighted by Crippen LogP contribution is -2.44. The van der Waals surface area contributed by atoms with Crippen molar-refractivity contribution < 1.29 is 36.6 Å². The molecule has 0 saturated heterocycles. The summed E-state index contributed by atoms with van der Waals surface area (Å²) in [4.78, 5) is 37.9. The van der Waals surface area contributed by atoms with Crippen molar-refractivity contribution in [3.8, 4) is 0 Å². The van der Waals surface area contributed by atoms with Crippen LogP contribution in [0.1, 0.15) is 74.5 Å². The number of hydrogen-bond donors (Lipinski definition) is 2. The highest BCUT2D eigenvalue weighted by atomic mass is 19.3. The van der Waals surface area contributed by atoms with Gasteiger partial charge in [-0.15, -0.1) is 0 Å². The number of carbonyl (C=O) groups is 2. The van der Waals surface area contributed by atoms with Gasteiger partial charge < -0.3 is 19.8 Å². The molecule has 3 aromatic rings. The minimum atomic E-state index is -2.87. The average molecular weight is 577 g/mol. The van der Waals surface area contributed by atoms with Gasteiger partial charge in [0.1, 0.15) is 17.8 Å². The first-order valence-corrected chi connectivity index (χ1v) is 13.7. The summed E-state index contributed by atoms with van der Waals surface area (Å²) in [6.07, 6.45) is -2.25. The van der Waals surface area contributed by atoms with Gasteiger partial charge in [-0.05, 0) is 49.3 Å². The fourth-order valence-corrected chi connectivity index (χ4v) is 5.82. The monoisotopic (exact) mass is 576 g/mol. The van der Waals surface area contributed by atoms with E-state index < -0.39 is 48.2 Å². The Hall–Kier alpha value is -3.70. The Morgan fingerprint density at radius 3 is 2.27 bits per heavy atom. The van der Waals surface area contributed by atoms with Crippen molar-refractivity contribution in [1.29, 1.82) is 0 Å². The van der Waals surface area contributed by atoms with Crippen LogP contribution in [-0.4, -0.2) is 46.0 Å². The van der Waals surface area contributed by atoms with E-state index in [1.807, 2.05) is 30.3 Å². The maximum Gasteiger partial charge on any atom is 0.408 e. The molecular formula is C29H32F4N4O4. The maximum absolute atomic E-state index is 14.0. The van der Waals surface area contributed by atoms with E-state index in [0.717, 1.165) is 5.56 Å². The number of nitrogens with one attached hydrogen (secondary N) is 2. The van der Waals surface area contributed by atoms with Gasteiger partial charge in [0.25, 0.3) is 0 Å². The standard InChI is InChI=1S/C29H32F4N4O4/c1-40-25(38)27(13-15-29(32,33)16-14-27)21-8-7-20-23(35-21)37-24(34-20)22(19-9-11-28(30,31)12-10-19)36-26(39)41-17-18-5-3-2-4-6-18/h2-8,19,22H,9-17H2,1H3,(H,36,39)(H,34,35,37)/t22-/m0/s1. The molecule has 2 heterocycles. The number of aromatic amines is 1. The molecule has 5 rings (SSSR count). The number of hydrogen-bond acceptors (Lipinski definition) is 6. The van der Waals surface area contributed by atoms with Crippen LogP contribution in [0.25, 0.3) is 11.2 Å². The first kappa shape index (κ1) is 28.8. The molecule has 2 fully saturated rings. The number of methoxy groups -OCH3 is 1. The van der Waals surface area contributed by atoms with Crippen LogP contribution < -0.4 is 5.32 Å². The molecule has 2 saturated carbocycles. The van der Waals surface area contributed by atoms with Crippen molar-refractivity contribution in [3.63, 3.8) is 0 Å². The van der Waals surface area contributed by atoms with E-state index in [9.17, 15) is 27.2 Å². The van der Waals surface area contributed by atoms with Crippen LogP contribution in [0.3, 0.4) is 0 Å². The van der Waals surface area contributed by atoms with Crippen molar-refractivity contribution >= 4 is 23.2 Å². The van der Waals surface area contributed by atoms with Crippen molar-refractivity contribution in [3.05, 3.63) is 59.5 Å². The van der Waals surface area contributed by atoms with E-state index in [1.165, 1.54) is 7.11 Å². The molecule has 2 N–H and O–H groups in total. The molecule has 1 amide bonds. The zero-order valence-electron chi connectivity index (χ0n) is 22.6. The molecule has 220 valence electrons. The third-order valence-electron chi connectivity index (χ3n) is 8.28. The number of nitrogens with zero attached hydrogens (tertiary/aromatic N) is 2. The summed E-state index contributed by atoms with van der Waals surface area (Å²) in [7, 11) is 1.21. The molecule has 2 aliphatic rings. The van der Waals surface area contributed by atoms with Crippen LogP contribution in [0.5, 0.6) is 0 Å². The second kappa shape index (κ2) is 11.3. The number of pyridine rings is 1. The van der Waals surface area contributed by atoms with Gasteiger partial charge >= 0.3 is 12.1 Å². The lowest BCUT2D eigenvalue weighted by molar-refractivity contribution is -0.153. The molecular weight excluding hydrogens is 544 g/mol. The van der Waals surface area contributed by atoms with Gasteiger partial charge in [-0.2, -0.15) is 0 Å². The number of alkyl carbamates (subject to hydrolysis) is 1. The molecule has 2 aromatic heterocycles. The normalized spacial score (nSPS) is 20.7. The summed E-state index contributed by atoms with van der Waals surface area (Å²) in [5.41, 5.74) is 0.420. The largest absolute Gasteiger partial charge is 0.468 e. The lowest BCUT2D eigenvalue weighted by atomic mass is 9.70. The summed E-state index contributed by atoms with van der Waals surface area (Å²) in [5.74, 6) is -6.32. The minimum Gasteiger partial charge on any atom is -0.468 e. The van der Waals surface area contributed by atoms with Crippen molar-refractivity contribution in [2.24, 2.45) is 5.92 Å². The lowest BCUT2D eigenvalue weighted by Gasteiger charge is -2.37. The average Bonchev–Trinajstić information content (AvgIpc) is 3.39. The van der Waals surface area contributed by atoms with Crippen molar-refractivity contribution in [2.45, 2.75) is 81.3 Å². The highest BCUT2D eigenvalue weighted by molar-refractivity contribution is 5.84. The smallest absolute Gasteiger partial charge is 0.408 e. The number of amides is 1. The molecule has 0 unspecified atom stereocenters. The van der Waals surface area contributed by atoms with E-state index in [1.54, 1.807) is 12.1 Å². The molecule has 0 bridgehead atoms. The Bertz CT molecular complexity index is 1380. The predicted molar refractivity (Wildman–Crippen MR) is 140 cm³/mol. The first-order valence-electron chi connectivity index (χ1n) is 13.7. The highest BCUT2D eigenvalue weighted by Gasteiger charge is 2.51. The Labute approximate surface area is 234 Å². The Morgan fingerprint density at radius 2 is 1.61 bits per heavy atom. The minimum absolute atomic E-state index is 0.0296. The van der Waals surface area contributed by atoms with E-state index in [2.05, 4.69) is 20.3 Å². The predicted octanol–water partition coefficient (Wildman–Crippen LogP) is 6.37. The number of esters is 1. The number of aromatic nitrogens is 3. The van der Waals surface area contributed by atoms with Crippen LogP contribution in [-0.2, 0) is 26.3 Å². The number of imidazole rings is 1. The number of ether oxygens (including phenoxy) is 2. The third-order valence-corrected chi connectivity index (χ3v) is 8.28. The van der Waals surface area contributed by atoms with Gasteiger partial charge in [0.2, 0.25) is 11.8 Å². The molecule has 1 aromatic carbocycles. The van der Waals surface area contributed by atoms with E-state index in [4.69, 9.17) is 9.47 Å².